The molecule has 0 bridgehead atoms. The van der Waals surface area contributed by atoms with Gasteiger partial charge in [0.25, 0.3) is 5.91 Å². The number of thiazole rings is 1. The normalized spacial score (nSPS) is 16.0. The third kappa shape index (κ3) is 4.35. The number of amidine groups is 1. The molecule has 178 valence electrons. The molecule has 2 amide bonds. The molecule has 0 aliphatic carbocycles. The summed E-state index contributed by atoms with van der Waals surface area (Å²) in [6.45, 7) is 1.10. The minimum atomic E-state index is -0.210. The number of hydrogen-bond acceptors (Lipinski definition) is 7. The number of piperazine rings is 1. The Labute approximate surface area is 205 Å². The highest BCUT2D eigenvalue weighted by atomic mass is 32.1. The van der Waals surface area contributed by atoms with Crippen LogP contribution in [-0.4, -0.2) is 65.9 Å². The quantitative estimate of drug-likeness (QED) is 0.507. The van der Waals surface area contributed by atoms with Crippen molar-refractivity contribution in [2.75, 3.05) is 38.2 Å². The Kier molecular flexibility index (Phi) is 5.96. The first-order chi connectivity index (χ1) is 16.9. The maximum atomic E-state index is 12.7. The Balaban J connectivity index is 1.31. The highest BCUT2D eigenvalue weighted by Gasteiger charge is 2.31. The van der Waals surface area contributed by atoms with Crippen molar-refractivity contribution in [1.29, 1.82) is 5.41 Å². The second kappa shape index (κ2) is 9.22. The molecule has 3 aromatic rings. The standard InChI is InChI=1S/C25H23N5O4S/c1-34-18-8-4-15(5-9-18)19-14-35-24(28-19)22-20(31)12-30(23(22)26)17-6-2-16(3-7-17)25(33)29-11-10-27-21(32)13-29/h2-9,14,26,31H,10-13H2,1H3,(H,27,32). The molecule has 0 saturated carbocycles. The van der Waals surface area contributed by atoms with Gasteiger partial charge in [-0.2, -0.15) is 0 Å². The van der Waals surface area contributed by atoms with Gasteiger partial charge in [0.05, 0.1) is 31.5 Å². The molecule has 35 heavy (non-hydrogen) atoms. The van der Waals surface area contributed by atoms with Crippen LogP contribution in [0.25, 0.3) is 16.8 Å². The van der Waals surface area contributed by atoms with E-state index in [9.17, 15) is 14.7 Å². The van der Waals surface area contributed by atoms with Crippen LogP contribution in [0.4, 0.5) is 5.69 Å². The smallest absolute Gasteiger partial charge is 0.254 e. The first kappa shape index (κ1) is 22.6. The maximum absolute atomic E-state index is 12.7. The zero-order chi connectivity index (χ0) is 24.5. The van der Waals surface area contributed by atoms with E-state index in [0.717, 1.165) is 17.0 Å². The number of carbonyl (C=O) groups is 2. The van der Waals surface area contributed by atoms with E-state index in [1.807, 2.05) is 29.6 Å². The molecule has 5 rings (SSSR count). The number of hydrogen-bond donors (Lipinski definition) is 3. The predicted octanol–water partition coefficient (Wildman–Crippen LogP) is 3.16. The summed E-state index contributed by atoms with van der Waals surface area (Å²) in [6, 6.07) is 14.4. The minimum absolute atomic E-state index is 0.0465. The van der Waals surface area contributed by atoms with E-state index < -0.39 is 0 Å². The van der Waals surface area contributed by atoms with Gasteiger partial charge in [0.1, 0.15) is 22.4 Å². The molecular weight excluding hydrogens is 466 g/mol. The Bertz CT molecular complexity index is 1330. The molecule has 1 fully saturated rings. The van der Waals surface area contributed by atoms with E-state index in [1.54, 1.807) is 36.3 Å². The number of ether oxygens (including phenoxy) is 1. The number of amides is 2. The molecule has 3 heterocycles. The summed E-state index contributed by atoms with van der Waals surface area (Å²) in [7, 11) is 1.61. The van der Waals surface area contributed by atoms with Gasteiger partial charge in [-0.05, 0) is 48.5 Å². The number of anilines is 1. The molecule has 2 aromatic carbocycles. The Morgan fingerprint density at radius 3 is 2.57 bits per heavy atom. The number of nitrogens with zero attached hydrogens (tertiary/aromatic N) is 3. The largest absolute Gasteiger partial charge is 0.510 e. The van der Waals surface area contributed by atoms with Crippen LogP contribution in [0.3, 0.4) is 0 Å². The topological polar surface area (TPSA) is 119 Å². The number of aliphatic hydroxyl groups is 1. The van der Waals surface area contributed by atoms with Crippen molar-refractivity contribution in [2.45, 2.75) is 0 Å². The molecular formula is C25H23N5O4S. The van der Waals surface area contributed by atoms with Gasteiger partial charge < -0.3 is 25.0 Å². The molecule has 1 aromatic heterocycles. The number of carbonyl (C=O) groups excluding carboxylic acids is 2. The zero-order valence-electron chi connectivity index (χ0n) is 18.9. The Hall–Kier alpha value is -4.18. The van der Waals surface area contributed by atoms with Crippen molar-refractivity contribution in [3.05, 3.63) is 70.2 Å². The lowest BCUT2D eigenvalue weighted by Gasteiger charge is -2.27. The molecule has 2 aliphatic heterocycles. The van der Waals surface area contributed by atoms with Gasteiger partial charge in [-0.1, -0.05) is 0 Å². The zero-order valence-corrected chi connectivity index (χ0v) is 19.8. The fourth-order valence-electron chi connectivity index (χ4n) is 4.09. The molecule has 0 atom stereocenters. The van der Waals surface area contributed by atoms with Crippen molar-refractivity contribution >= 4 is 40.2 Å². The van der Waals surface area contributed by atoms with Crippen LogP contribution in [0.1, 0.15) is 15.4 Å². The molecule has 9 nitrogen and oxygen atoms in total. The van der Waals surface area contributed by atoms with Crippen molar-refractivity contribution in [3.63, 3.8) is 0 Å². The SMILES string of the molecule is COc1ccc(-c2csc(C3=C(O)CN(c4ccc(C(=O)N5CCNC(=O)C5)cc4)C3=N)n2)cc1. The molecule has 2 aliphatic rings. The average molecular weight is 490 g/mol. The molecule has 3 N–H and O–H groups in total. The third-order valence-corrected chi connectivity index (χ3v) is 6.82. The fraction of sp³-hybridized carbons (Fsp3) is 0.200. The third-order valence-electron chi connectivity index (χ3n) is 5.96. The van der Waals surface area contributed by atoms with Crippen LogP contribution in [0.2, 0.25) is 0 Å². The van der Waals surface area contributed by atoms with Crippen molar-refractivity contribution < 1.29 is 19.4 Å². The van der Waals surface area contributed by atoms with Gasteiger partial charge in [0.2, 0.25) is 5.91 Å². The summed E-state index contributed by atoms with van der Waals surface area (Å²) in [6.07, 6.45) is 0. The van der Waals surface area contributed by atoms with Gasteiger partial charge in [0, 0.05) is 35.3 Å². The van der Waals surface area contributed by atoms with Gasteiger partial charge in [-0.15, -0.1) is 11.3 Å². The van der Waals surface area contributed by atoms with Crippen LogP contribution in [0.15, 0.2) is 59.7 Å². The summed E-state index contributed by atoms with van der Waals surface area (Å²) in [5.41, 5.74) is 3.22. The van der Waals surface area contributed by atoms with Crippen molar-refractivity contribution in [1.82, 2.24) is 15.2 Å². The van der Waals surface area contributed by atoms with Crippen molar-refractivity contribution in [3.8, 4) is 17.0 Å². The number of nitrogens with one attached hydrogen (secondary N) is 2. The van der Waals surface area contributed by atoms with Crippen molar-refractivity contribution in [2.24, 2.45) is 0 Å². The molecule has 0 radical (unpaired) electrons. The summed E-state index contributed by atoms with van der Waals surface area (Å²) in [4.78, 5) is 32.1. The van der Waals surface area contributed by atoms with E-state index in [2.05, 4.69) is 10.3 Å². The number of rotatable bonds is 5. The number of aliphatic hydroxyl groups excluding tert-OH is 1. The van der Waals surface area contributed by atoms with E-state index in [4.69, 9.17) is 10.1 Å². The summed E-state index contributed by atoms with van der Waals surface area (Å²) in [5.74, 6) is 0.596. The number of aromatic nitrogens is 1. The summed E-state index contributed by atoms with van der Waals surface area (Å²) < 4.78 is 5.20. The van der Waals surface area contributed by atoms with E-state index >= 15 is 0 Å². The lowest BCUT2D eigenvalue weighted by atomic mass is 10.1. The number of methoxy groups -OCH3 is 1. The van der Waals surface area contributed by atoms with Crippen LogP contribution in [-0.2, 0) is 4.79 Å². The first-order valence-electron chi connectivity index (χ1n) is 11.0. The highest BCUT2D eigenvalue weighted by Crippen LogP contribution is 2.34. The van der Waals surface area contributed by atoms with Crippen LogP contribution >= 0.6 is 11.3 Å². The monoisotopic (exact) mass is 489 g/mol. The summed E-state index contributed by atoms with van der Waals surface area (Å²) in [5, 5.41) is 24.5. The second-order valence-electron chi connectivity index (χ2n) is 8.15. The second-order valence-corrected chi connectivity index (χ2v) is 9.00. The van der Waals surface area contributed by atoms with Gasteiger partial charge in [-0.25, -0.2) is 4.98 Å². The van der Waals surface area contributed by atoms with E-state index in [0.29, 0.717) is 34.9 Å². The molecule has 1 saturated heterocycles. The lowest BCUT2D eigenvalue weighted by Crippen LogP contribution is -2.49. The Morgan fingerprint density at radius 1 is 1.14 bits per heavy atom. The maximum Gasteiger partial charge on any atom is 0.254 e. The minimum Gasteiger partial charge on any atom is -0.510 e. The van der Waals surface area contributed by atoms with Crippen LogP contribution in [0, 0.1) is 5.41 Å². The van der Waals surface area contributed by atoms with E-state index in [-0.39, 0.29) is 36.5 Å². The van der Waals surface area contributed by atoms with Gasteiger partial charge in [0.15, 0.2) is 0 Å². The van der Waals surface area contributed by atoms with Gasteiger partial charge >= 0.3 is 0 Å². The average Bonchev–Trinajstić information content (AvgIpc) is 3.47. The predicted molar refractivity (Wildman–Crippen MR) is 134 cm³/mol. The van der Waals surface area contributed by atoms with Crippen LogP contribution in [0.5, 0.6) is 5.75 Å². The first-order valence-corrected chi connectivity index (χ1v) is 11.9. The summed E-state index contributed by atoms with van der Waals surface area (Å²) >= 11 is 1.37. The number of benzene rings is 2. The van der Waals surface area contributed by atoms with Crippen LogP contribution < -0.4 is 15.0 Å². The van der Waals surface area contributed by atoms with Gasteiger partial charge in [-0.3, -0.25) is 15.0 Å². The molecule has 0 spiro atoms. The molecule has 0 unspecified atom stereocenters. The lowest BCUT2D eigenvalue weighted by molar-refractivity contribution is -0.123. The highest BCUT2D eigenvalue weighted by molar-refractivity contribution is 7.11. The fourth-order valence-corrected chi connectivity index (χ4v) is 4.98. The van der Waals surface area contributed by atoms with E-state index in [1.165, 1.54) is 16.2 Å². The molecule has 10 heteroatoms. The Morgan fingerprint density at radius 2 is 1.89 bits per heavy atom.